The van der Waals surface area contributed by atoms with E-state index in [2.05, 4.69) is 0 Å². The second kappa shape index (κ2) is 4.93. The fraction of sp³-hybridized carbons (Fsp3) is 0.400. The fourth-order valence-corrected chi connectivity index (χ4v) is 1.37. The summed E-state index contributed by atoms with van der Waals surface area (Å²) in [6, 6.07) is 0.715. The first-order valence-corrected chi connectivity index (χ1v) is 4.35. The fourth-order valence-electron chi connectivity index (χ4n) is 1.37. The SMILES string of the molecule is COc1c(F)cc(F)c(CCO)c1OC. The van der Waals surface area contributed by atoms with Crippen LogP contribution < -0.4 is 9.47 Å². The van der Waals surface area contributed by atoms with Crippen molar-refractivity contribution in [1.29, 1.82) is 0 Å². The summed E-state index contributed by atoms with van der Waals surface area (Å²) in [7, 11) is 2.55. The molecule has 0 radical (unpaired) electrons. The summed E-state index contributed by atoms with van der Waals surface area (Å²) in [5, 5.41) is 8.74. The summed E-state index contributed by atoms with van der Waals surface area (Å²) >= 11 is 0. The highest BCUT2D eigenvalue weighted by atomic mass is 19.1. The smallest absolute Gasteiger partial charge is 0.197 e. The van der Waals surface area contributed by atoms with E-state index in [0.717, 1.165) is 0 Å². The summed E-state index contributed by atoms with van der Waals surface area (Å²) in [6.07, 6.45) is 0.0473. The number of hydrogen-bond acceptors (Lipinski definition) is 3. The normalized spacial score (nSPS) is 10.2. The van der Waals surface area contributed by atoms with E-state index in [-0.39, 0.29) is 30.1 Å². The molecule has 0 saturated heterocycles. The van der Waals surface area contributed by atoms with Gasteiger partial charge in [0.2, 0.25) is 0 Å². The van der Waals surface area contributed by atoms with Gasteiger partial charge in [-0.25, -0.2) is 8.78 Å². The van der Waals surface area contributed by atoms with E-state index in [0.29, 0.717) is 6.07 Å². The first-order chi connectivity index (χ1) is 7.15. The molecule has 0 spiro atoms. The summed E-state index contributed by atoms with van der Waals surface area (Å²) in [5.41, 5.74) is 0.109. The zero-order chi connectivity index (χ0) is 11.4. The largest absolute Gasteiger partial charge is 0.492 e. The number of methoxy groups -OCH3 is 2. The lowest BCUT2D eigenvalue weighted by Gasteiger charge is -2.13. The number of rotatable bonds is 4. The van der Waals surface area contributed by atoms with Crippen LogP contribution in [0.1, 0.15) is 5.56 Å². The number of aliphatic hydroxyl groups excluding tert-OH is 1. The number of aliphatic hydroxyl groups is 1. The molecule has 0 saturated carbocycles. The Kier molecular flexibility index (Phi) is 3.85. The van der Waals surface area contributed by atoms with Gasteiger partial charge in [0.15, 0.2) is 17.3 Å². The molecule has 0 heterocycles. The maximum atomic E-state index is 13.3. The standard InChI is InChI=1S/C10H12F2O3/c1-14-9-6(3-4-13)7(11)5-8(12)10(9)15-2/h5,13H,3-4H2,1-2H3. The van der Waals surface area contributed by atoms with Gasteiger partial charge in [0.1, 0.15) is 5.82 Å². The second-order valence-electron chi connectivity index (χ2n) is 2.86. The molecule has 3 nitrogen and oxygen atoms in total. The van der Waals surface area contributed by atoms with Crippen LogP contribution in [0, 0.1) is 11.6 Å². The van der Waals surface area contributed by atoms with Crippen LogP contribution in [0.2, 0.25) is 0 Å². The third-order valence-corrected chi connectivity index (χ3v) is 2.01. The molecule has 0 amide bonds. The lowest BCUT2D eigenvalue weighted by atomic mass is 10.1. The van der Waals surface area contributed by atoms with Crippen LogP contribution in [-0.2, 0) is 6.42 Å². The minimum atomic E-state index is -0.825. The van der Waals surface area contributed by atoms with Crippen LogP contribution >= 0.6 is 0 Å². The second-order valence-corrected chi connectivity index (χ2v) is 2.86. The van der Waals surface area contributed by atoms with Gasteiger partial charge in [-0.1, -0.05) is 0 Å². The van der Waals surface area contributed by atoms with Crippen molar-refractivity contribution < 1.29 is 23.4 Å². The minimum absolute atomic E-state index is 0.0101. The molecule has 1 rings (SSSR count). The van der Waals surface area contributed by atoms with Crippen molar-refractivity contribution in [1.82, 2.24) is 0 Å². The van der Waals surface area contributed by atoms with Crippen LogP contribution in [0.15, 0.2) is 6.07 Å². The molecule has 15 heavy (non-hydrogen) atoms. The Bertz CT molecular complexity index is 353. The molecular formula is C10H12F2O3. The summed E-state index contributed by atoms with van der Waals surface area (Å²) in [6.45, 7) is -0.248. The molecule has 0 atom stereocenters. The first kappa shape index (κ1) is 11.7. The van der Waals surface area contributed by atoms with E-state index in [9.17, 15) is 8.78 Å². The molecule has 0 aromatic heterocycles. The predicted molar refractivity (Wildman–Crippen MR) is 50.3 cm³/mol. The molecule has 0 fully saturated rings. The van der Waals surface area contributed by atoms with Crippen molar-refractivity contribution >= 4 is 0 Å². The molecule has 1 aromatic rings. The molecule has 0 aliphatic rings. The van der Waals surface area contributed by atoms with Gasteiger partial charge in [0.05, 0.1) is 14.2 Å². The van der Waals surface area contributed by atoms with Gasteiger partial charge in [-0.05, 0) is 0 Å². The van der Waals surface area contributed by atoms with E-state index in [1.165, 1.54) is 14.2 Å². The minimum Gasteiger partial charge on any atom is -0.492 e. The highest BCUT2D eigenvalue weighted by Gasteiger charge is 2.19. The average molecular weight is 218 g/mol. The van der Waals surface area contributed by atoms with Gasteiger partial charge in [0.25, 0.3) is 0 Å². The van der Waals surface area contributed by atoms with E-state index in [4.69, 9.17) is 14.6 Å². The Morgan fingerprint density at radius 3 is 2.20 bits per heavy atom. The molecule has 0 aliphatic carbocycles. The van der Waals surface area contributed by atoms with Crippen LogP contribution in [-0.4, -0.2) is 25.9 Å². The van der Waals surface area contributed by atoms with Crippen molar-refractivity contribution in [2.45, 2.75) is 6.42 Å². The topological polar surface area (TPSA) is 38.7 Å². The van der Waals surface area contributed by atoms with Crippen molar-refractivity contribution in [3.8, 4) is 11.5 Å². The average Bonchev–Trinajstić information content (AvgIpc) is 2.21. The number of halogens is 2. The molecule has 5 heteroatoms. The zero-order valence-electron chi connectivity index (χ0n) is 8.51. The Hall–Kier alpha value is -1.36. The zero-order valence-corrected chi connectivity index (χ0v) is 8.51. The van der Waals surface area contributed by atoms with Gasteiger partial charge < -0.3 is 14.6 Å². The Labute approximate surface area is 86.2 Å². The molecule has 0 bridgehead atoms. The quantitative estimate of drug-likeness (QED) is 0.832. The predicted octanol–water partition coefficient (Wildman–Crippen LogP) is 1.52. The summed E-state index contributed by atoms with van der Waals surface area (Å²) in [5.74, 6) is -1.74. The summed E-state index contributed by atoms with van der Waals surface area (Å²) in [4.78, 5) is 0. The molecule has 1 N–H and O–H groups in total. The van der Waals surface area contributed by atoms with Gasteiger partial charge in [-0.2, -0.15) is 0 Å². The number of ether oxygens (including phenoxy) is 2. The maximum absolute atomic E-state index is 13.3. The van der Waals surface area contributed by atoms with Crippen LogP contribution in [0.4, 0.5) is 8.78 Å². The third-order valence-electron chi connectivity index (χ3n) is 2.01. The molecular weight excluding hydrogens is 206 g/mol. The molecule has 0 aliphatic heterocycles. The van der Waals surface area contributed by atoms with Crippen molar-refractivity contribution in [2.75, 3.05) is 20.8 Å². The van der Waals surface area contributed by atoms with Gasteiger partial charge >= 0.3 is 0 Å². The number of benzene rings is 1. The highest BCUT2D eigenvalue weighted by molar-refractivity contribution is 5.48. The first-order valence-electron chi connectivity index (χ1n) is 4.35. The van der Waals surface area contributed by atoms with Crippen molar-refractivity contribution in [2.24, 2.45) is 0 Å². The monoisotopic (exact) mass is 218 g/mol. The highest BCUT2D eigenvalue weighted by Crippen LogP contribution is 2.35. The summed E-state index contributed by atoms with van der Waals surface area (Å²) < 4.78 is 36.2. The molecule has 0 unspecified atom stereocenters. The molecule has 84 valence electrons. The van der Waals surface area contributed by atoms with E-state index < -0.39 is 11.6 Å². The molecule has 1 aromatic carbocycles. The van der Waals surface area contributed by atoms with E-state index in [1.54, 1.807) is 0 Å². The Morgan fingerprint density at radius 2 is 1.73 bits per heavy atom. The lowest BCUT2D eigenvalue weighted by Crippen LogP contribution is -2.03. The Morgan fingerprint density at radius 1 is 1.13 bits per heavy atom. The van der Waals surface area contributed by atoms with Gasteiger partial charge in [-0.15, -0.1) is 0 Å². The van der Waals surface area contributed by atoms with Gasteiger partial charge in [0, 0.05) is 24.7 Å². The number of hydrogen-bond donors (Lipinski definition) is 1. The van der Waals surface area contributed by atoms with Crippen LogP contribution in [0.25, 0.3) is 0 Å². The Balaban J connectivity index is 3.35. The maximum Gasteiger partial charge on any atom is 0.197 e. The van der Waals surface area contributed by atoms with Crippen LogP contribution in [0.3, 0.4) is 0 Å². The van der Waals surface area contributed by atoms with Crippen LogP contribution in [0.5, 0.6) is 11.5 Å². The van der Waals surface area contributed by atoms with Crippen molar-refractivity contribution in [3.63, 3.8) is 0 Å². The van der Waals surface area contributed by atoms with E-state index >= 15 is 0 Å². The van der Waals surface area contributed by atoms with Gasteiger partial charge in [-0.3, -0.25) is 0 Å². The van der Waals surface area contributed by atoms with E-state index in [1.807, 2.05) is 0 Å². The van der Waals surface area contributed by atoms with Crippen molar-refractivity contribution in [3.05, 3.63) is 23.3 Å². The third kappa shape index (κ3) is 2.18. The lowest BCUT2D eigenvalue weighted by molar-refractivity contribution is 0.289.